The van der Waals surface area contributed by atoms with E-state index in [1.165, 1.54) is 56.3 Å². The van der Waals surface area contributed by atoms with E-state index in [9.17, 15) is 0 Å². The highest BCUT2D eigenvalue weighted by atomic mass is 79.9. The fourth-order valence-corrected chi connectivity index (χ4v) is 4.74. The van der Waals surface area contributed by atoms with Crippen LogP contribution < -0.4 is 10.6 Å². The predicted octanol–water partition coefficient (Wildman–Crippen LogP) is 4.63. The quantitative estimate of drug-likeness (QED) is 0.853. The molecule has 0 bridgehead atoms. The summed E-state index contributed by atoms with van der Waals surface area (Å²) in [6.45, 7) is 3.25. The molecule has 3 heteroatoms. The van der Waals surface area contributed by atoms with Gasteiger partial charge in [0, 0.05) is 28.8 Å². The zero-order valence-electron chi connectivity index (χ0n) is 12.3. The predicted molar refractivity (Wildman–Crippen MR) is 89.1 cm³/mol. The number of anilines is 1. The normalized spacial score (nSPS) is 28.1. The van der Waals surface area contributed by atoms with Crippen molar-refractivity contribution in [3.8, 4) is 0 Å². The van der Waals surface area contributed by atoms with Gasteiger partial charge in [-0.15, -0.1) is 0 Å². The maximum absolute atomic E-state index is 6.01. The van der Waals surface area contributed by atoms with Crippen LogP contribution in [0, 0.1) is 5.92 Å². The first-order chi connectivity index (χ1) is 9.66. The Morgan fingerprint density at radius 2 is 1.95 bits per heavy atom. The molecular formula is C17H25BrN2. The van der Waals surface area contributed by atoms with Gasteiger partial charge in [-0.1, -0.05) is 34.8 Å². The molecule has 1 saturated heterocycles. The first kappa shape index (κ1) is 14.4. The molecule has 20 heavy (non-hydrogen) atoms. The van der Waals surface area contributed by atoms with E-state index in [2.05, 4.69) is 39.0 Å². The molecule has 0 aromatic heterocycles. The van der Waals surface area contributed by atoms with Crippen LogP contribution in [0.4, 0.5) is 5.69 Å². The first-order valence-corrected chi connectivity index (χ1v) is 8.78. The highest BCUT2D eigenvalue weighted by Crippen LogP contribution is 2.39. The fraction of sp³-hybridized carbons (Fsp3) is 0.647. The van der Waals surface area contributed by atoms with Gasteiger partial charge >= 0.3 is 0 Å². The van der Waals surface area contributed by atoms with E-state index in [4.69, 9.17) is 5.73 Å². The van der Waals surface area contributed by atoms with Gasteiger partial charge in [0.05, 0.1) is 0 Å². The molecule has 3 unspecified atom stereocenters. The first-order valence-electron chi connectivity index (χ1n) is 7.98. The number of fused-ring (bicyclic) bond motifs is 1. The van der Waals surface area contributed by atoms with Gasteiger partial charge in [-0.05, 0) is 56.2 Å². The van der Waals surface area contributed by atoms with Crippen LogP contribution in [0.1, 0.15) is 57.1 Å². The van der Waals surface area contributed by atoms with Gasteiger partial charge in [-0.3, -0.25) is 0 Å². The summed E-state index contributed by atoms with van der Waals surface area (Å²) in [4.78, 5) is 2.66. The number of piperidine rings is 1. The average molecular weight is 337 g/mol. The Kier molecular flexibility index (Phi) is 4.37. The average Bonchev–Trinajstić information content (AvgIpc) is 2.46. The van der Waals surface area contributed by atoms with E-state index in [0.717, 1.165) is 16.4 Å². The Labute approximate surface area is 130 Å². The lowest BCUT2D eigenvalue weighted by Crippen LogP contribution is -2.46. The van der Waals surface area contributed by atoms with E-state index in [0.29, 0.717) is 0 Å². The zero-order chi connectivity index (χ0) is 14.1. The molecule has 2 aliphatic rings. The number of nitrogens with zero attached hydrogens (tertiary/aromatic N) is 1. The molecule has 1 aromatic rings. The third kappa shape index (κ3) is 2.75. The summed E-state index contributed by atoms with van der Waals surface area (Å²) in [6.07, 6.45) is 8.41. The van der Waals surface area contributed by atoms with E-state index in [1.54, 1.807) is 0 Å². The molecule has 2 N–H and O–H groups in total. The summed E-state index contributed by atoms with van der Waals surface area (Å²) >= 11 is 3.70. The number of nitrogens with two attached hydrogens (primary N) is 1. The van der Waals surface area contributed by atoms with Crippen LogP contribution in [0.5, 0.6) is 0 Å². The third-order valence-corrected chi connectivity index (χ3v) is 5.74. The fourth-order valence-electron chi connectivity index (χ4n) is 4.01. The molecule has 1 aliphatic carbocycles. The minimum atomic E-state index is 0.0854. The molecule has 3 rings (SSSR count). The van der Waals surface area contributed by atoms with Gasteiger partial charge in [0.2, 0.25) is 0 Å². The molecule has 1 aromatic carbocycles. The van der Waals surface area contributed by atoms with Crippen LogP contribution in [0.3, 0.4) is 0 Å². The summed E-state index contributed by atoms with van der Waals surface area (Å²) in [5, 5.41) is 0. The summed E-state index contributed by atoms with van der Waals surface area (Å²) in [5.74, 6) is 0.921. The standard InChI is InChI=1S/C17H25BrN2/c1-12(19)15-9-8-14(11-16(15)18)20-10-4-6-13-5-2-3-7-17(13)20/h8-9,11-13,17H,2-7,10,19H2,1H3. The smallest absolute Gasteiger partial charge is 0.0380 e. The largest absolute Gasteiger partial charge is 0.368 e. The molecule has 110 valence electrons. The summed E-state index contributed by atoms with van der Waals surface area (Å²) in [6, 6.07) is 7.58. The molecule has 1 aliphatic heterocycles. The second kappa shape index (κ2) is 6.07. The number of hydrogen-bond acceptors (Lipinski definition) is 2. The SMILES string of the molecule is CC(N)c1ccc(N2CCCC3CCCCC32)cc1Br. The van der Waals surface area contributed by atoms with E-state index in [-0.39, 0.29) is 6.04 Å². The van der Waals surface area contributed by atoms with Crippen LogP contribution in [-0.4, -0.2) is 12.6 Å². The summed E-state index contributed by atoms with van der Waals surface area (Å²) in [7, 11) is 0. The Morgan fingerprint density at radius 1 is 1.20 bits per heavy atom. The van der Waals surface area contributed by atoms with Crippen molar-refractivity contribution in [2.75, 3.05) is 11.4 Å². The van der Waals surface area contributed by atoms with Gasteiger partial charge in [0.1, 0.15) is 0 Å². The summed E-state index contributed by atoms with van der Waals surface area (Å²) < 4.78 is 1.16. The van der Waals surface area contributed by atoms with Crippen LogP contribution in [0.15, 0.2) is 22.7 Å². The molecular weight excluding hydrogens is 312 g/mol. The molecule has 2 nitrogen and oxygen atoms in total. The highest BCUT2D eigenvalue weighted by Gasteiger charge is 2.33. The maximum Gasteiger partial charge on any atom is 0.0380 e. The minimum absolute atomic E-state index is 0.0854. The van der Waals surface area contributed by atoms with Gasteiger partial charge < -0.3 is 10.6 Å². The lowest BCUT2D eigenvalue weighted by molar-refractivity contribution is 0.244. The van der Waals surface area contributed by atoms with Crippen LogP contribution in [0.25, 0.3) is 0 Å². The van der Waals surface area contributed by atoms with Crippen molar-refractivity contribution in [3.05, 3.63) is 28.2 Å². The van der Waals surface area contributed by atoms with E-state index < -0.39 is 0 Å². The Morgan fingerprint density at radius 3 is 2.70 bits per heavy atom. The highest BCUT2D eigenvalue weighted by molar-refractivity contribution is 9.10. The molecule has 1 heterocycles. The second-order valence-electron chi connectivity index (χ2n) is 6.44. The van der Waals surface area contributed by atoms with Crippen molar-refractivity contribution < 1.29 is 0 Å². The van der Waals surface area contributed by atoms with E-state index in [1.807, 2.05) is 6.92 Å². The molecule has 3 atom stereocenters. The maximum atomic E-state index is 6.01. The topological polar surface area (TPSA) is 29.3 Å². The van der Waals surface area contributed by atoms with Crippen molar-refractivity contribution in [3.63, 3.8) is 0 Å². The molecule has 0 spiro atoms. The monoisotopic (exact) mass is 336 g/mol. The van der Waals surface area contributed by atoms with Crippen molar-refractivity contribution in [2.45, 2.75) is 57.5 Å². The Hall–Kier alpha value is -0.540. The van der Waals surface area contributed by atoms with Gasteiger partial charge in [0.25, 0.3) is 0 Å². The number of hydrogen-bond donors (Lipinski definition) is 1. The van der Waals surface area contributed by atoms with Crippen molar-refractivity contribution >= 4 is 21.6 Å². The number of rotatable bonds is 2. The third-order valence-electron chi connectivity index (χ3n) is 5.05. The van der Waals surface area contributed by atoms with Gasteiger partial charge in [-0.2, -0.15) is 0 Å². The van der Waals surface area contributed by atoms with E-state index >= 15 is 0 Å². The van der Waals surface area contributed by atoms with Crippen molar-refractivity contribution in [1.29, 1.82) is 0 Å². The Balaban J connectivity index is 1.85. The van der Waals surface area contributed by atoms with Crippen molar-refractivity contribution in [1.82, 2.24) is 0 Å². The van der Waals surface area contributed by atoms with Crippen LogP contribution in [-0.2, 0) is 0 Å². The number of halogens is 1. The molecule has 2 fully saturated rings. The van der Waals surface area contributed by atoms with Gasteiger partial charge in [-0.25, -0.2) is 0 Å². The van der Waals surface area contributed by atoms with Gasteiger partial charge in [0.15, 0.2) is 0 Å². The summed E-state index contributed by atoms with van der Waals surface area (Å²) in [5.41, 5.74) is 8.58. The molecule has 0 radical (unpaired) electrons. The minimum Gasteiger partial charge on any atom is -0.368 e. The van der Waals surface area contributed by atoms with Crippen LogP contribution >= 0.6 is 15.9 Å². The van der Waals surface area contributed by atoms with Crippen LogP contribution in [0.2, 0.25) is 0 Å². The molecule has 0 amide bonds. The number of benzene rings is 1. The Bertz CT molecular complexity index is 470. The lowest BCUT2D eigenvalue weighted by atomic mass is 9.78. The lowest BCUT2D eigenvalue weighted by Gasteiger charge is -2.45. The molecule has 1 saturated carbocycles. The van der Waals surface area contributed by atoms with Crippen molar-refractivity contribution in [2.24, 2.45) is 11.7 Å². The second-order valence-corrected chi connectivity index (χ2v) is 7.30. The zero-order valence-corrected chi connectivity index (χ0v) is 13.9.